The Bertz CT molecular complexity index is 1370. The van der Waals surface area contributed by atoms with E-state index in [1.54, 1.807) is 17.2 Å². The molecule has 0 spiro atoms. The Balaban J connectivity index is 1.41. The monoisotopic (exact) mass is 470 g/mol. The highest BCUT2D eigenvalue weighted by molar-refractivity contribution is 5.94. The number of H-pyrrole nitrogens is 1. The van der Waals surface area contributed by atoms with Crippen LogP contribution in [0.5, 0.6) is 0 Å². The van der Waals surface area contributed by atoms with E-state index in [1.807, 2.05) is 61.5 Å². The van der Waals surface area contributed by atoms with Crippen molar-refractivity contribution in [3.8, 4) is 0 Å². The second-order valence-electron chi connectivity index (χ2n) is 9.29. The molecule has 7 nitrogen and oxygen atoms in total. The van der Waals surface area contributed by atoms with E-state index < -0.39 is 0 Å². The summed E-state index contributed by atoms with van der Waals surface area (Å²) in [6.07, 6.45) is 1.59. The van der Waals surface area contributed by atoms with Crippen LogP contribution in [0.1, 0.15) is 27.2 Å². The molecule has 0 atom stereocenters. The predicted octanol–water partition coefficient (Wildman–Crippen LogP) is 4.02. The van der Waals surface area contributed by atoms with Gasteiger partial charge in [-0.05, 0) is 74.0 Å². The van der Waals surface area contributed by atoms with E-state index >= 15 is 0 Å². The molecule has 7 heteroatoms. The first-order chi connectivity index (χ1) is 17.0. The number of hydrogen-bond acceptors (Lipinski definition) is 5. The van der Waals surface area contributed by atoms with Crippen molar-refractivity contribution in [1.82, 2.24) is 14.8 Å². The van der Waals surface area contributed by atoms with Crippen LogP contribution in [0.3, 0.4) is 0 Å². The maximum absolute atomic E-state index is 13.6. The lowest BCUT2D eigenvalue weighted by atomic mass is 10.1. The molecule has 1 fully saturated rings. The van der Waals surface area contributed by atoms with Gasteiger partial charge < -0.3 is 24.1 Å². The standard InChI is InChI=1S/C28H30N4O3/c1-20-5-10-26-22(16-20)17-23(27(33)29-26)18-32(19-25-4-3-15-35-25)28(34)21-6-8-24(9-7-21)31-13-11-30(2)12-14-31/h3-10,15-17H,11-14,18-19H2,1-2H3,(H,29,33). The fourth-order valence-corrected chi connectivity index (χ4v) is 4.55. The Kier molecular flexibility index (Phi) is 6.42. The summed E-state index contributed by atoms with van der Waals surface area (Å²) in [5, 5.41) is 0.946. The number of rotatable bonds is 6. The van der Waals surface area contributed by atoms with E-state index in [4.69, 9.17) is 4.42 Å². The second-order valence-corrected chi connectivity index (χ2v) is 9.29. The number of fused-ring (bicyclic) bond motifs is 1. The van der Waals surface area contributed by atoms with E-state index in [0.29, 0.717) is 16.9 Å². The highest BCUT2D eigenvalue weighted by atomic mass is 16.3. The quantitative estimate of drug-likeness (QED) is 0.461. The number of amides is 1. The van der Waals surface area contributed by atoms with Crippen molar-refractivity contribution < 1.29 is 9.21 Å². The largest absolute Gasteiger partial charge is 0.467 e. The molecule has 0 bridgehead atoms. The number of nitrogens with one attached hydrogen (secondary N) is 1. The Morgan fingerprint density at radius 1 is 1.00 bits per heavy atom. The van der Waals surface area contributed by atoms with Crippen LogP contribution in [-0.2, 0) is 13.1 Å². The molecular formula is C28H30N4O3. The normalized spacial score (nSPS) is 14.4. The summed E-state index contributed by atoms with van der Waals surface area (Å²) >= 11 is 0. The zero-order valence-corrected chi connectivity index (χ0v) is 20.2. The van der Waals surface area contributed by atoms with Crippen molar-refractivity contribution in [2.24, 2.45) is 0 Å². The highest BCUT2D eigenvalue weighted by Gasteiger charge is 2.21. The summed E-state index contributed by atoms with van der Waals surface area (Å²) in [5.74, 6) is 0.524. The number of anilines is 1. The molecule has 0 saturated carbocycles. The van der Waals surface area contributed by atoms with Crippen LogP contribution in [0.25, 0.3) is 10.9 Å². The molecule has 1 aliphatic heterocycles. The molecule has 180 valence electrons. The third-order valence-corrected chi connectivity index (χ3v) is 6.63. The van der Waals surface area contributed by atoms with Crippen molar-refractivity contribution in [3.63, 3.8) is 0 Å². The number of carbonyl (C=O) groups excluding carboxylic acids is 1. The number of likely N-dealkylation sites (N-methyl/N-ethyl adjacent to an activating group) is 1. The van der Waals surface area contributed by atoms with Crippen LogP contribution >= 0.6 is 0 Å². The predicted molar refractivity (Wildman–Crippen MR) is 138 cm³/mol. The molecule has 3 heterocycles. The van der Waals surface area contributed by atoms with Crippen molar-refractivity contribution in [2.45, 2.75) is 20.0 Å². The minimum atomic E-state index is -0.191. The number of aryl methyl sites for hydroxylation is 1. The molecule has 1 N–H and O–H groups in total. The number of carbonyl (C=O) groups is 1. The van der Waals surface area contributed by atoms with Crippen LogP contribution in [0, 0.1) is 6.92 Å². The summed E-state index contributed by atoms with van der Waals surface area (Å²) in [5.41, 5.74) is 3.95. The van der Waals surface area contributed by atoms with Gasteiger partial charge in [0.05, 0.1) is 19.4 Å². The molecular weight excluding hydrogens is 440 g/mol. The van der Waals surface area contributed by atoms with E-state index in [9.17, 15) is 9.59 Å². The Labute approximate surface area is 204 Å². The molecule has 0 unspecified atom stereocenters. The summed E-state index contributed by atoms with van der Waals surface area (Å²) in [7, 11) is 2.13. The van der Waals surface area contributed by atoms with Gasteiger partial charge in [0.1, 0.15) is 5.76 Å². The van der Waals surface area contributed by atoms with E-state index in [0.717, 1.165) is 48.3 Å². The molecule has 1 aliphatic rings. The molecule has 2 aromatic heterocycles. The fraction of sp³-hybridized carbons (Fsp3) is 0.286. The number of pyridine rings is 1. The third-order valence-electron chi connectivity index (χ3n) is 6.63. The molecule has 4 aromatic rings. The fourth-order valence-electron chi connectivity index (χ4n) is 4.55. The molecule has 0 aliphatic carbocycles. The van der Waals surface area contributed by atoms with E-state index in [1.165, 1.54) is 0 Å². The van der Waals surface area contributed by atoms with Crippen LogP contribution in [0.15, 0.2) is 76.1 Å². The summed E-state index contributed by atoms with van der Waals surface area (Å²) in [6.45, 7) is 6.46. The average molecular weight is 471 g/mol. The minimum absolute atomic E-state index is 0.143. The number of furan rings is 1. The lowest BCUT2D eigenvalue weighted by molar-refractivity contribution is 0.0717. The van der Waals surface area contributed by atoms with Crippen molar-refractivity contribution in [2.75, 3.05) is 38.1 Å². The molecule has 0 radical (unpaired) electrons. The number of hydrogen-bond donors (Lipinski definition) is 1. The van der Waals surface area contributed by atoms with Gasteiger partial charge in [-0.2, -0.15) is 0 Å². The van der Waals surface area contributed by atoms with Crippen LogP contribution in [0.2, 0.25) is 0 Å². The maximum atomic E-state index is 13.6. The summed E-state index contributed by atoms with van der Waals surface area (Å²) in [6, 6.07) is 19.2. The van der Waals surface area contributed by atoms with Gasteiger partial charge in [0.2, 0.25) is 0 Å². The molecule has 1 saturated heterocycles. The Morgan fingerprint density at radius 3 is 2.49 bits per heavy atom. The maximum Gasteiger partial charge on any atom is 0.254 e. The van der Waals surface area contributed by atoms with E-state index in [-0.39, 0.29) is 24.6 Å². The minimum Gasteiger partial charge on any atom is -0.467 e. The Hall–Kier alpha value is -3.84. The Morgan fingerprint density at radius 2 is 1.77 bits per heavy atom. The molecule has 35 heavy (non-hydrogen) atoms. The number of aromatic nitrogens is 1. The van der Waals surface area contributed by atoms with Gasteiger partial charge in [0, 0.05) is 48.5 Å². The zero-order chi connectivity index (χ0) is 24.4. The number of piperazine rings is 1. The molecule has 5 rings (SSSR count). The number of benzene rings is 2. The van der Waals surface area contributed by atoms with Crippen LogP contribution in [-0.4, -0.2) is 53.9 Å². The topological polar surface area (TPSA) is 72.8 Å². The first-order valence-electron chi connectivity index (χ1n) is 11.9. The zero-order valence-electron chi connectivity index (χ0n) is 20.2. The number of nitrogens with zero attached hydrogens (tertiary/aromatic N) is 3. The SMILES string of the molecule is Cc1ccc2[nH]c(=O)c(CN(Cc3ccco3)C(=O)c3ccc(N4CCN(C)CC4)cc3)cc2c1. The molecule has 2 aromatic carbocycles. The van der Waals surface area contributed by atoms with Crippen molar-refractivity contribution in [1.29, 1.82) is 0 Å². The first kappa shape index (κ1) is 22.9. The average Bonchev–Trinajstić information content (AvgIpc) is 3.38. The summed E-state index contributed by atoms with van der Waals surface area (Å²) in [4.78, 5) is 35.7. The summed E-state index contributed by atoms with van der Waals surface area (Å²) < 4.78 is 5.52. The van der Waals surface area contributed by atoms with Gasteiger partial charge in [-0.15, -0.1) is 0 Å². The van der Waals surface area contributed by atoms with Crippen molar-refractivity contribution >= 4 is 22.5 Å². The number of aromatic amines is 1. The smallest absolute Gasteiger partial charge is 0.254 e. The third kappa shape index (κ3) is 5.15. The van der Waals surface area contributed by atoms with Crippen LogP contribution < -0.4 is 10.5 Å². The molecule has 1 amide bonds. The van der Waals surface area contributed by atoms with Gasteiger partial charge in [-0.3, -0.25) is 9.59 Å². The van der Waals surface area contributed by atoms with Crippen molar-refractivity contribution in [3.05, 3.63) is 99.7 Å². The highest BCUT2D eigenvalue weighted by Crippen LogP contribution is 2.20. The van der Waals surface area contributed by atoms with Gasteiger partial charge in [-0.1, -0.05) is 11.6 Å². The second kappa shape index (κ2) is 9.80. The van der Waals surface area contributed by atoms with Gasteiger partial charge in [-0.25, -0.2) is 0 Å². The van der Waals surface area contributed by atoms with Gasteiger partial charge >= 0.3 is 0 Å². The lowest BCUT2D eigenvalue weighted by Crippen LogP contribution is -2.44. The lowest BCUT2D eigenvalue weighted by Gasteiger charge is -2.34. The van der Waals surface area contributed by atoms with E-state index in [2.05, 4.69) is 21.8 Å². The first-order valence-corrected chi connectivity index (χ1v) is 11.9. The van der Waals surface area contributed by atoms with Gasteiger partial charge in [0.25, 0.3) is 11.5 Å². The van der Waals surface area contributed by atoms with Gasteiger partial charge in [0.15, 0.2) is 0 Å². The van der Waals surface area contributed by atoms with Crippen LogP contribution in [0.4, 0.5) is 5.69 Å².